The monoisotopic (exact) mass is 398 g/mol. The summed E-state index contributed by atoms with van der Waals surface area (Å²) in [6.07, 6.45) is 7.59. The van der Waals surface area contributed by atoms with Crippen LogP contribution in [0.15, 0.2) is 23.3 Å². The lowest BCUT2D eigenvalue weighted by Crippen LogP contribution is -2.42. The Hall–Kier alpha value is -1.38. The number of carbonyl (C=O) groups excluding carboxylic acids is 2. The molecule has 0 aliphatic heterocycles. The Bertz CT molecular complexity index is 786. The van der Waals surface area contributed by atoms with Gasteiger partial charge in [-0.2, -0.15) is 0 Å². The molecule has 0 aromatic heterocycles. The van der Waals surface area contributed by atoms with Crippen molar-refractivity contribution in [1.82, 2.24) is 0 Å². The van der Waals surface area contributed by atoms with Crippen LogP contribution in [0.25, 0.3) is 0 Å². The zero-order valence-corrected chi connectivity index (χ0v) is 19.2. The van der Waals surface area contributed by atoms with Crippen LogP contribution in [0.5, 0.6) is 0 Å². The molecule has 3 nitrogen and oxygen atoms in total. The van der Waals surface area contributed by atoms with E-state index in [-0.39, 0.29) is 34.6 Å². The zero-order chi connectivity index (χ0) is 21.3. The second-order valence-corrected chi connectivity index (χ2v) is 11.5. The Kier molecular flexibility index (Phi) is 4.91. The first-order chi connectivity index (χ1) is 13.5. The molecule has 5 unspecified atom stereocenters. The Morgan fingerprint density at radius 1 is 1.24 bits per heavy atom. The Labute approximate surface area is 176 Å². The predicted octanol–water partition coefficient (Wildman–Crippen LogP) is 5.60. The number of fused-ring (bicyclic) bond motifs is 3. The van der Waals surface area contributed by atoms with Crippen molar-refractivity contribution in [2.45, 2.75) is 67.7 Å². The van der Waals surface area contributed by atoms with Gasteiger partial charge in [-0.1, -0.05) is 59.3 Å². The van der Waals surface area contributed by atoms with Gasteiger partial charge < -0.3 is 4.74 Å². The minimum absolute atomic E-state index is 0.0247. The summed E-state index contributed by atoms with van der Waals surface area (Å²) in [5.41, 5.74) is 2.44. The van der Waals surface area contributed by atoms with E-state index < -0.39 is 0 Å². The minimum Gasteiger partial charge on any atom is -0.461 e. The van der Waals surface area contributed by atoms with Crippen LogP contribution in [-0.4, -0.2) is 18.4 Å². The molecule has 4 aliphatic rings. The fraction of sp³-hybridized carbons (Fsp3) is 0.769. The van der Waals surface area contributed by atoms with Gasteiger partial charge in [-0.15, -0.1) is 0 Å². The maximum Gasteiger partial charge on any atom is 0.309 e. The molecule has 0 N–H and O–H groups in total. The number of allylic oxidation sites excluding steroid dienone is 3. The van der Waals surface area contributed by atoms with Crippen molar-refractivity contribution in [1.29, 1.82) is 0 Å². The van der Waals surface area contributed by atoms with Gasteiger partial charge >= 0.3 is 5.97 Å². The quantitative estimate of drug-likeness (QED) is 0.457. The molecule has 0 heterocycles. The highest BCUT2D eigenvalue weighted by Gasteiger charge is 2.68. The first kappa shape index (κ1) is 20.9. The fourth-order valence-corrected chi connectivity index (χ4v) is 6.91. The van der Waals surface area contributed by atoms with Crippen LogP contribution < -0.4 is 0 Å². The molecule has 2 fully saturated rings. The van der Waals surface area contributed by atoms with Gasteiger partial charge in [-0.05, 0) is 66.8 Å². The summed E-state index contributed by atoms with van der Waals surface area (Å²) >= 11 is 0. The number of Topliss-reactive ketones (excluding diaryl/α,β-unsaturated/α-hetero) is 1. The predicted molar refractivity (Wildman–Crippen MR) is 115 cm³/mol. The van der Waals surface area contributed by atoms with Crippen molar-refractivity contribution >= 4 is 11.8 Å². The molecule has 0 amide bonds. The van der Waals surface area contributed by atoms with E-state index in [4.69, 9.17) is 4.74 Å². The van der Waals surface area contributed by atoms with Crippen molar-refractivity contribution < 1.29 is 14.3 Å². The summed E-state index contributed by atoms with van der Waals surface area (Å²) in [6.45, 7) is 15.5. The number of rotatable bonds is 4. The molecular formula is C26H38O3. The molecule has 3 heteroatoms. The lowest BCUT2D eigenvalue weighted by molar-refractivity contribution is -0.148. The van der Waals surface area contributed by atoms with E-state index in [9.17, 15) is 9.59 Å². The van der Waals surface area contributed by atoms with Crippen LogP contribution >= 0.6 is 0 Å². The number of ether oxygens (including phenoxy) is 1. The molecular weight excluding hydrogens is 360 g/mol. The normalized spacial score (nSPS) is 40.8. The van der Waals surface area contributed by atoms with E-state index in [1.165, 1.54) is 5.57 Å². The summed E-state index contributed by atoms with van der Waals surface area (Å²) in [5.74, 6) is 2.24. The number of carbonyl (C=O) groups is 2. The molecule has 2 bridgehead atoms. The molecule has 29 heavy (non-hydrogen) atoms. The van der Waals surface area contributed by atoms with Crippen LogP contribution in [0.4, 0.5) is 0 Å². The molecule has 1 spiro atoms. The van der Waals surface area contributed by atoms with Crippen LogP contribution in [-0.2, 0) is 14.3 Å². The summed E-state index contributed by atoms with van der Waals surface area (Å²) in [4.78, 5) is 26.5. The Morgan fingerprint density at radius 2 is 1.93 bits per heavy atom. The van der Waals surface area contributed by atoms with Crippen LogP contribution in [0.2, 0.25) is 0 Å². The molecule has 0 saturated heterocycles. The van der Waals surface area contributed by atoms with Gasteiger partial charge in [0.2, 0.25) is 0 Å². The average Bonchev–Trinajstić information content (AvgIpc) is 3.06. The highest BCUT2D eigenvalue weighted by atomic mass is 16.5. The third-order valence-electron chi connectivity index (χ3n) is 9.10. The number of esters is 1. The van der Waals surface area contributed by atoms with Crippen LogP contribution in [0.3, 0.4) is 0 Å². The standard InChI is InChI=1S/C26H38O3/c1-14(2)17(5)24(28)29-13-18-10-19-8-15(3)12-26(19)16(4)9-21-22(25(21,6)7)20(11-18)23(26)27/h11-12,14,16-17,19-22H,8-10,13H2,1-7H3/t16?,17?,19-,20?,21?,22-,26?/m0/s1. The largest absolute Gasteiger partial charge is 0.461 e. The molecule has 0 aromatic rings. The van der Waals surface area contributed by atoms with Crippen molar-refractivity contribution in [2.24, 2.45) is 52.3 Å². The van der Waals surface area contributed by atoms with Crippen molar-refractivity contribution in [2.75, 3.05) is 6.61 Å². The van der Waals surface area contributed by atoms with E-state index in [1.807, 2.05) is 6.92 Å². The summed E-state index contributed by atoms with van der Waals surface area (Å²) in [6, 6.07) is 0. The van der Waals surface area contributed by atoms with E-state index >= 15 is 0 Å². The molecule has 0 radical (unpaired) electrons. The minimum atomic E-state index is -0.314. The second-order valence-electron chi connectivity index (χ2n) is 11.5. The maximum atomic E-state index is 14.0. The van der Waals surface area contributed by atoms with Crippen molar-refractivity contribution in [3.05, 3.63) is 23.3 Å². The summed E-state index contributed by atoms with van der Waals surface area (Å²) < 4.78 is 5.74. The van der Waals surface area contributed by atoms with E-state index in [1.54, 1.807) is 0 Å². The number of hydrogen-bond acceptors (Lipinski definition) is 3. The molecule has 7 atom stereocenters. The zero-order valence-electron chi connectivity index (χ0n) is 19.2. The van der Waals surface area contributed by atoms with Gasteiger partial charge in [-0.3, -0.25) is 9.59 Å². The smallest absolute Gasteiger partial charge is 0.309 e. The van der Waals surface area contributed by atoms with E-state index in [2.05, 4.69) is 53.7 Å². The van der Waals surface area contributed by atoms with Gasteiger partial charge in [0.15, 0.2) is 0 Å². The summed E-state index contributed by atoms with van der Waals surface area (Å²) in [7, 11) is 0. The van der Waals surface area contributed by atoms with E-state index in [0.29, 0.717) is 36.1 Å². The van der Waals surface area contributed by atoms with Gasteiger partial charge in [0.05, 0.1) is 11.3 Å². The van der Waals surface area contributed by atoms with Gasteiger partial charge in [0.25, 0.3) is 0 Å². The maximum absolute atomic E-state index is 14.0. The highest BCUT2D eigenvalue weighted by Crippen LogP contribution is 2.70. The first-order valence-electron chi connectivity index (χ1n) is 11.6. The SMILES string of the molecule is CC1=CC23C(=O)C(C=C(COC(=O)C(C)C(C)C)C[C@@H]2C1)[C@H]1C(CC3C)C1(C)C. The topological polar surface area (TPSA) is 43.4 Å². The molecule has 0 aromatic carbocycles. The van der Waals surface area contributed by atoms with Crippen molar-refractivity contribution in [3.8, 4) is 0 Å². The Morgan fingerprint density at radius 3 is 2.59 bits per heavy atom. The third kappa shape index (κ3) is 3.06. The Balaban J connectivity index is 1.65. The lowest BCUT2D eigenvalue weighted by atomic mass is 9.63. The molecule has 160 valence electrons. The van der Waals surface area contributed by atoms with Gasteiger partial charge in [0.1, 0.15) is 12.4 Å². The van der Waals surface area contributed by atoms with Crippen LogP contribution in [0.1, 0.15) is 67.7 Å². The van der Waals surface area contributed by atoms with E-state index in [0.717, 1.165) is 24.8 Å². The highest BCUT2D eigenvalue weighted by molar-refractivity contribution is 5.93. The third-order valence-corrected chi connectivity index (χ3v) is 9.10. The van der Waals surface area contributed by atoms with Crippen molar-refractivity contribution in [3.63, 3.8) is 0 Å². The molecule has 2 saturated carbocycles. The molecule has 4 rings (SSSR count). The second kappa shape index (κ2) is 6.82. The number of ketones is 1. The average molecular weight is 399 g/mol. The fourth-order valence-electron chi connectivity index (χ4n) is 6.91. The molecule has 4 aliphatic carbocycles. The van der Waals surface area contributed by atoms with Crippen LogP contribution in [0, 0.1) is 52.3 Å². The lowest BCUT2D eigenvalue weighted by Gasteiger charge is -2.39. The number of hydrogen-bond donors (Lipinski definition) is 0. The summed E-state index contributed by atoms with van der Waals surface area (Å²) in [5, 5.41) is 0. The van der Waals surface area contributed by atoms with Gasteiger partial charge in [0, 0.05) is 5.92 Å². The first-order valence-corrected chi connectivity index (χ1v) is 11.6. The van der Waals surface area contributed by atoms with Gasteiger partial charge in [-0.25, -0.2) is 0 Å².